The summed E-state index contributed by atoms with van der Waals surface area (Å²) in [5.41, 5.74) is 3.49. The van der Waals surface area contributed by atoms with Crippen molar-refractivity contribution in [3.8, 4) is 0 Å². The summed E-state index contributed by atoms with van der Waals surface area (Å²) in [6.45, 7) is 3.23. The number of rotatable bonds is 4. The lowest BCUT2D eigenvalue weighted by molar-refractivity contribution is -0.129. The van der Waals surface area contributed by atoms with E-state index in [1.165, 1.54) is 14.0 Å². The van der Waals surface area contributed by atoms with E-state index >= 15 is 0 Å². The molecule has 0 aliphatic carbocycles. The van der Waals surface area contributed by atoms with Gasteiger partial charge in [-0.15, -0.1) is 0 Å². The molecule has 144 valence electrons. The van der Waals surface area contributed by atoms with Crippen LogP contribution >= 0.6 is 0 Å². The predicted molar refractivity (Wildman–Crippen MR) is 107 cm³/mol. The van der Waals surface area contributed by atoms with Crippen LogP contribution in [-0.2, 0) is 14.3 Å². The van der Waals surface area contributed by atoms with Crippen LogP contribution in [0.4, 0.5) is 5.69 Å². The maximum Gasteiger partial charge on any atom is 0.338 e. The van der Waals surface area contributed by atoms with E-state index in [0.29, 0.717) is 16.8 Å². The van der Waals surface area contributed by atoms with Crippen LogP contribution < -0.4 is 5.32 Å². The zero-order chi connectivity index (χ0) is 20.3. The number of anilines is 1. The second kappa shape index (κ2) is 8.08. The number of ether oxygens (including phenoxy) is 1. The van der Waals surface area contributed by atoms with E-state index in [2.05, 4.69) is 5.32 Å². The minimum atomic E-state index is -0.456. The molecular weight excluding hydrogens is 356 g/mol. The highest BCUT2D eigenvalue weighted by Gasteiger charge is 2.28. The van der Waals surface area contributed by atoms with Gasteiger partial charge in [-0.1, -0.05) is 30.3 Å². The molecule has 1 aliphatic heterocycles. The van der Waals surface area contributed by atoms with Gasteiger partial charge in [0.25, 0.3) is 0 Å². The van der Waals surface area contributed by atoms with Gasteiger partial charge in [-0.2, -0.15) is 0 Å². The van der Waals surface area contributed by atoms with E-state index in [9.17, 15) is 14.4 Å². The van der Waals surface area contributed by atoms with Crippen molar-refractivity contribution in [2.45, 2.75) is 26.3 Å². The van der Waals surface area contributed by atoms with E-state index in [1.54, 1.807) is 36.2 Å². The molecular formula is C22H22N2O4. The number of nitrogens with zero attached hydrogens (tertiary/aromatic N) is 1. The van der Waals surface area contributed by atoms with Gasteiger partial charge in [0.2, 0.25) is 11.8 Å². The molecule has 0 aromatic heterocycles. The molecule has 0 radical (unpaired) electrons. The third-order valence-electron chi connectivity index (χ3n) is 4.86. The lowest BCUT2D eigenvalue weighted by atomic mass is 9.93. The molecule has 0 unspecified atom stereocenters. The first kappa shape index (κ1) is 19.4. The average Bonchev–Trinajstić information content (AvgIpc) is 2.69. The molecule has 1 heterocycles. The summed E-state index contributed by atoms with van der Waals surface area (Å²) >= 11 is 0. The van der Waals surface area contributed by atoms with E-state index in [0.717, 1.165) is 11.1 Å². The van der Waals surface area contributed by atoms with E-state index in [1.807, 2.05) is 30.3 Å². The number of nitrogens with one attached hydrogen (secondary N) is 1. The highest BCUT2D eigenvalue weighted by molar-refractivity contribution is 5.97. The van der Waals surface area contributed by atoms with Crippen molar-refractivity contribution in [2.75, 3.05) is 12.4 Å². The molecule has 3 rings (SSSR count). The van der Waals surface area contributed by atoms with Crippen molar-refractivity contribution in [2.24, 2.45) is 0 Å². The molecule has 28 heavy (non-hydrogen) atoms. The number of hydrogen-bond donors (Lipinski definition) is 1. The topological polar surface area (TPSA) is 75.7 Å². The summed E-state index contributed by atoms with van der Waals surface area (Å²) in [4.78, 5) is 38.3. The van der Waals surface area contributed by atoms with Crippen LogP contribution in [0.5, 0.6) is 0 Å². The summed E-state index contributed by atoms with van der Waals surface area (Å²) in [6, 6.07) is 12.4. The number of fused-ring (bicyclic) bond motifs is 1. The maximum absolute atomic E-state index is 12.8. The summed E-state index contributed by atoms with van der Waals surface area (Å²) < 4.78 is 4.77. The van der Waals surface area contributed by atoms with Crippen LogP contribution in [0.25, 0.3) is 6.08 Å². The van der Waals surface area contributed by atoms with Crippen LogP contribution in [0.15, 0.2) is 48.7 Å². The highest BCUT2D eigenvalue weighted by Crippen LogP contribution is 2.33. The Morgan fingerprint density at radius 1 is 1.11 bits per heavy atom. The van der Waals surface area contributed by atoms with Crippen LogP contribution in [-0.4, -0.2) is 29.8 Å². The molecule has 6 nitrogen and oxygen atoms in total. The largest absolute Gasteiger partial charge is 0.465 e. The van der Waals surface area contributed by atoms with Gasteiger partial charge in [0.15, 0.2) is 0 Å². The number of carbonyl (C=O) groups is 3. The van der Waals surface area contributed by atoms with Crippen molar-refractivity contribution in [3.63, 3.8) is 0 Å². The van der Waals surface area contributed by atoms with Gasteiger partial charge in [0, 0.05) is 18.8 Å². The molecule has 2 amide bonds. The molecule has 0 saturated heterocycles. The Balaban J connectivity index is 1.83. The minimum absolute atomic E-state index is 0.100. The normalized spacial score (nSPS) is 15.0. The van der Waals surface area contributed by atoms with Crippen molar-refractivity contribution >= 4 is 29.5 Å². The fraction of sp³-hybridized carbons (Fsp3) is 0.227. The van der Waals surface area contributed by atoms with Crippen LogP contribution in [0.3, 0.4) is 0 Å². The Kier molecular flexibility index (Phi) is 5.59. The Bertz CT molecular complexity index is 965. The van der Waals surface area contributed by atoms with Crippen molar-refractivity contribution < 1.29 is 19.1 Å². The third kappa shape index (κ3) is 3.81. The molecule has 2 aromatic rings. The van der Waals surface area contributed by atoms with Gasteiger partial charge in [-0.25, -0.2) is 4.79 Å². The van der Waals surface area contributed by atoms with Crippen molar-refractivity contribution in [3.05, 3.63) is 70.9 Å². The van der Waals surface area contributed by atoms with Crippen LogP contribution in [0.1, 0.15) is 46.4 Å². The molecule has 1 atom stereocenters. The van der Waals surface area contributed by atoms with Gasteiger partial charge in [-0.3, -0.25) is 9.59 Å². The minimum Gasteiger partial charge on any atom is -0.465 e. The van der Waals surface area contributed by atoms with Gasteiger partial charge < -0.3 is 15.0 Å². The summed E-state index contributed by atoms with van der Waals surface area (Å²) in [6.07, 6.45) is 3.68. The zero-order valence-electron chi connectivity index (χ0n) is 16.1. The number of methoxy groups -OCH3 is 1. The summed E-state index contributed by atoms with van der Waals surface area (Å²) in [5.74, 6) is -0.832. The number of carbonyl (C=O) groups excluding carboxylic acids is 3. The smallest absolute Gasteiger partial charge is 0.338 e. The van der Waals surface area contributed by atoms with Crippen molar-refractivity contribution in [1.82, 2.24) is 4.90 Å². The SMILES string of the molecule is COC(=O)c1cccc(NC(=O)C[C@@H]2c3ccccc3C=CN2C(C)=O)c1C. The average molecular weight is 378 g/mol. The van der Waals surface area contributed by atoms with Crippen molar-refractivity contribution in [1.29, 1.82) is 0 Å². The maximum atomic E-state index is 12.8. The molecule has 6 heteroatoms. The van der Waals surface area contributed by atoms with E-state index in [-0.39, 0.29) is 24.3 Å². The predicted octanol–water partition coefficient (Wildman–Crippen LogP) is 3.68. The second-order valence-corrected chi connectivity index (χ2v) is 6.61. The molecule has 0 bridgehead atoms. The molecule has 0 spiro atoms. The van der Waals surface area contributed by atoms with E-state index in [4.69, 9.17) is 4.74 Å². The molecule has 1 N–H and O–H groups in total. The Morgan fingerprint density at radius 2 is 1.86 bits per heavy atom. The number of amides is 2. The number of esters is 1. The first-order valence-corrected chi connectivity index (χ1v) is 8.96. The summed E-state index contributed by atoms with van der Waals surface area (Å²) in [7, 11) is 1.32. The van der Waals surface area contributed by atoms with Crippen LogP contribution in [0.2, 0.25) is 0 Å². The fourth-order valence-electron chi connectivity index (χ4n) is 3.39. The van der Waals surface area contributed by atoms with Gasteiger partial charge in [-0.05, 0) is 41.8 Å². The quantitative estimate of drug-likeness (QED) is 0.824. The standard InChI is InChI=1S/C22H22N2O4/c1-14-17(22(27)28-3)9-6-10-19(14)23-21(26)13-20-18-8-5-4-7-16(18)11-12-24(20)15(2)25/h4-12,20H,13H2,1-3H3,(H,23,26)/t20-/m1/s1. The molecule has 2 aromatic carbocycles. The Labute approximate surface area is 163 Å². The number of benzene rings is 2. The molecule has 0 fully saturated rings. The first-order chi connectivity index (χ1) is 13.4. The van der Waals surface area contributed by atoms with Crippen LogP contribution in [0, 0.1) is 6.92 Å². The molecule has 1 aliphatic rings. The van der Waals surface area contributed by atoms with Gasteiger partial charge in [0.05, 0.1) is 25.1 Å². The lowest BCUT2D eigenvalue weighted by Gasteiger charge is -2.32. The van der Waals surface area contributed by atoms with Gasteiger partial charge >= 0.3 is 5.97 Å². The monoisotopic (exact) mass is 378 g/mol. The number of hydrogen-bond acceptors (Lipinski definition) is 4. The highest BCUT2D eigenvalue weighted by atomic mass is 16.5. The lowest BCUT2D eigenvalue weighted by Crippen LogP contribution is -2.33. The Hall–Kier alpha value is -3.41. The first-order valence-electron chi connectivity index (χ1n) is 8.96. The van der Waals surface area contributed by atoms with E-state index < -0.39 is 5.97 Å². The summed E-state index contributed by atoms with van der Waals surface area (Å²) in [5, 5.41) is 2.86. The van der Waals surface area contributed by atoms with Gasteiger partial charge in [0.1, 0.15) is 0 Å². The third-order valence-corrected chi connectivity index (χ3v) is 4.86. The zero-order valence-corrected chi connectivity index (χ0v) is 16.1. The fourth-order valence-corrected chi connectivity index (χ4v) is 3.39. The Morgan fingerprint density at radius 3 is 2.57 bits per heavy atom. The second-order valence-electron chi connectivity index (χ2n) is 6.61. The molecule has 0 saturated carbocycles.